The third kappa shape index (κ3) is 2.62. The van der Waals surface area contributed by atoms with Crippen LogP contribution in [0.15, 0.2) is 24.3 Å². The van der Waals surface area contributed by atoms with Crippen LogP contribution in [0.25, 0.3) is 0 Å². The second-order valence-electron chi connectivity index (χ2n) is 8.15. The van der Waals surface area contributed by atoms with E-state index in [9.17, 15) is 4.79 Å². The highest BCUT2D eigenvalue weighted by atomic mass is 79.9. The van der Waals surface area contributed by atoms with Crippen LogP contribution in [0.4, 0.5) is 5.69 Å². The molecule has 4 atom stereocenters. The van der Waals surface area contributed by atoms with Gasteiger partial charge in [-0.15, -0.1) is 0 Å². The van der Waals surface area contributed by atoms with Crippen molar-refractivity contribution in [2.24, 2.45) is 17.3 Å². The lowest BCUT2D eigenvalue weighted by Gasteiger charge is -2.60. The van der Waals surface area contributed by atoms with Crippen molar-refractivity contribution in [1.82, 2.24) is 0 Å². The molecule has 4 aliphatic rings. The van der Waals surface area contributed by atoms with E-state index in [0.29, 0.717) is 10.7 Å². The lowest BCUT2D eigenvalue weighted by Crippen LogP contribution is -2.53. The molecule has 4 fully saturated rings. The lowest BCUT2D eigenvalue weighted by molar-refractivity contribution is -0.123. The van der Waals surface area contributed by atoms with Gasteiger partial charge in [0.1, 0.15) is 0 Å². The number of anilines is 1. The molecule has 2 nitrogen and oxygen atoms in total. The highest BCUT2D eigenvalue weighted by molar-refractivity contribution is 9.10. The fraction of sp³-hybridized carbons (Fsp3) is 0.632. The number of carbonyl (C=O) groups is 1. The topological polar surface area (TPSA) is 29.1 Å². The van der Waals surface area contributed by atoms with Gasteiger partial charge in [-0.3, -0.25) is 4.79 Å². The van der Waals surface area contributed by atoms with E-state index in [0.717, 1.165) is 23.1 Å². The maximum atomic E-state index is 12.6. The van der Waals surface area contributed by atoms with Crippen molar-refractivity contribution in [2.45, 2.75) is 56.2 Å². The predicted octanol–water partition coefficient (Wildman–Crippen LogP) is 5.06. The van der Waals surface area contributed by atoms with Gasteiger partial charge < -0.3 is 5.32 Å². The van der Waals surface area contributed by atoms with E-state index in [2.05, 4.69) is 21.2 Å². The average molecular weight is 362 g/mol. The van der Waals surface area contributed by atoms with Crippen LogP contribution in [-0.4, -0.2) is 10.2 Å². The van der Waals surface area contributed by atoms with Crippen LogP contribution in [0.2, 0.25) is 0 Å². The van der Waals surface area contributed by atoms with Gasteiger partial charge >= 0.3 is 0 Å². The molecule has 4 saturated carbocycles. The maximum absolute atomic E-state index is 12.6. The van der Waals surface area contributed by atoms with Gasteiger partial charge in [-0.25, -0.2) is 0 Å². The lowest BCUT2D eigenvalue weighted by atomic mass is 9.48. The van der Waals surface area contributed by atoms with Crippen LogP contribution < -0.4 is 5.32 Å². The van der Waals surface area contributed by atoms with Crippen molar-refractivity contribution in [3.63, 3.8) is 0 Å². The van der Waals surface area contributed by atoms with Crippen LogP contribution in [-0.2, 0) is 4.79 Å². The van der Waals surface area contributed by atoms with E-state index in [1.165, 1.54) is 38.5 Å². The van der Waals surface area contributed by atoms with Crippen LogP contribution in [0.3, 0.4) is 0 Å². The number of amides is 1. The molecule has 0 aromatic heterocycles. The molecule has 1 amide bonds. The number of hydrogen-bond donors (Lipinski definition) is 1. The summed E-state index contributed by atoms with van der Waals surface area (Å²) in [5.41, 5.74) is 2.35. The van der Waals surface area contributed by atoms with E-state index in [-0.39, 0.29) is 11.3 Å². The predicted molar refractivity (Wildman–Crippen MR) is 93.2 cm³/mol. The molecular formula is C19H24BrNO. The second kappa shape index (κ2) is 5.09. The summed E-state index contributed by atoms with van der Waals surface area (Å²) in [5.74, 6) is 1.88. The first kappa shape index (κ1) is 14.7. The van der Waals surface area contributed by atoms with Gasteiger partial charge in [0, 0.05) is 16.4 Å². The number of benzene rings is 1. The zero-order chi connectivity index (χ0) is 15.4. The summed E-state index contributed by atoms with van der Waals surface area (Å²) in [6, 6.07) is 8.05. The Kier molecular flexibility index (Phi) is 3.41. The Morgan fingerprint density at radius 2 is 1.91 bits per heavy atom. The Balaban J connectivity index is 1.49. The molecule has 5 rings (SSSR count). The summed E-state index contributed by atoms with van der Waals surface area (Å²) in [6.45, 7) is 2.05. The average Bonchev–Trinajstić information content (AvgIpc) is 2.37. The third-order valence-electron chi connectivity index (χ3n) is 6.07. The summed E-state index contributed by atoms with van der Waals surface area (Å²) < 4.78 is 0.333. The van der Waals surface area contributed by atoms with Gasteiger partial charge in [0.15, 0.2) is 0 Å². The van der Waals surface area contributed by atoms with Crippen LogP contribution in [0.1, 0.15) is 50.5 Å². The van der Waals surface area contributed by atoms with Crippen LogP contribution >= 0.6 is 15.9 Å². The van der Waals surface area contributed by atoms with Crippen molar-refractivity contribution >= 4 is 27.5 Å². The van der Waals surface area contributed by atoms with E-state index in [4.69, 9.17) is 0 Å². The minimum Gasteiger partial charge on any atom is -0.326 e. The summed E-state index contributed by atoms with van der Waals surface area (Å²) >= 11 is 4.03. The van der Waals surface area contributed by atoms with Crippen LogP contribution in [0, 0.1) is 24.2 Å². The van der Waals surface area contributed by atoms with Gasteiger partial charge in [0.05, 0.1) is 0 Å². The Morgan fingerprint density at radius 1 is 1.23 bits per heavy atom. The number of carbonyl (C=O) groups excluding carboxylic acids is 1. The summed E-state index contributed by atoms with van der Waals surface area (Å²) in [7, 11) is 0. The fourth-order valence-electron chi connectivity index (χ4n) is 5.79. The van der Waals surface area contributed by atoms with E-state index in [1.807, 2.05) is 31.2 Å². The molecule has 1 aromatic rings. The largest absolute Gasteiger partial charge is 0.326 e. The smallest absolute Gasteiger partial charge is 0.224 e. The Labute approximate surface area is 141 Å². The van der Waals surface area contributed by atoms with E-state index < -0.39 is 0 Å². The quantitative estimate of drug-likeness (QED) is 0.749. The molecule has 0 heterocycles. The van der Waals surface area contributed by atoms with E-state index >= 15 is 0 Å². The number of aryl methyl sites for hydroxylation is 1. The highest BCUT2D eigenvalue weighted by Gasteiger charge is 2.57. The van der Waals surface area contributed by atoms with Gasteiger partial charge in [0.25, 0.3) is 0 Å². The molecule has 0 radical (unpaired) electrons. The Morgan fingerprint density at radius 3 is 2.55 bits per heavy atom. The Bertz CT molecular complexity index is 597. The SMILES string of the molecule is Cc1ccccc1NC(=O)CC12C[C@@H]3C[C@@H](CC(Br)(C3)C1)C2. The minimum atomic E-state index is 0.201. The molecule has 1 N–H and O–H groups in total. The molecule has 22 heavy (non-hydrogen) atoms. The van der Waals surface area contributed by atoms with Crippen molar-refractivity contribution in [1.29, 1.82) is 0 Å². The standard InChI is InChI=1S/C19H24BrNO/c1-13-4-2-3-5-16(13)21-17(22)11-18-7-14-6-15(8-18)10-19(20,9-14)12-18/h2-5,14-15H,6-12H2,1H3,(H,21,22)/t14-,15+,18?,19?. The van der Waals surface area contributed by atoms with Crippen molar-refractivity contribution < 1.29 is 4.79 Å². The number of hydrogen-bond acceptors (Lipinski definition) is 1. The van der Waals surface area contributed by atoms with Gasteiger partial charge in [0.2, 0.25) is 5.91 Å². The van der Waals surface area contributed by atoms with Gasteiger partial charge in [-0.05, 0) is 74.3 Å². The molecule has 118 valence electrons. The second-order valence-corrected chi connectivity index (χ2v) is 9.83. The molecule has 0 saturated heterocycles. The van der Waals surface area contributed by atoms with Crippen molar-refractivity contribution in [3.8, 4) is 0 Å². The maximum Gasteiger partial charge on any atom is 0.224 e. The first-order valence-electron chi connectivity index (χ1n) is 8.50. The minimum absolute atomic E-state index is 0.201. The molecule has 4 aliphatic carbocycles. The Hall–Kier alpha value is -0.830. The molecule has 2 unspecified atom stereocenters. The first-order chi connectivity index (χ1) is 10.5. The fourth-order valence-corrected chi connectivity index (χ4v) is 7.30. The molecule has 0 spiro atoms. The molecule has 4 bridgehead atoms. The van der Waals surface area contributed by atoms with Crippen molar-refractivity contribution in [3.05, 3.63) is 29.8 Å². The monoisotopic (exact) mass is 361 g/mol. The summed E-state index contributed by atoms with van der Waals surface area (Å²) in [5, 5.41) is 3.14. The van der Waals surface area contributed by atoms with Gasteiger partial charge in [-0.2, -0.15) is 0 Å². The number of alkyl halides is 1. The van der Waals surface area contributed by atoms with E-state index in [1.54, 1.807) is 0 Å². The van der Waals surface area contributed by atoms with Crippen molar-refractivity contribution in [2.75, 3.05) is 5.32 Å². The molecule has 0 aliphatic heterocycles. The third-order valence-corrected chi connectivity index (χ3v) is 6.99. The normalized spacial score (nSPS) is 39.0. The number of halogens is 1. The molecular weight excluding hydrogens is 338 g/mol. The molecule has 3 heteroatoms. The number of para-hydroxylation sites is 1. The van der Waals surface area contributed by atoms with Gasteiger partial charge in [-0.1, -0.05) is 34.1 Å². The first-order valence-corrected chi connectivity index (χ1v) is 9.29. The zero-order valence-corrected chi connectivity index (χ0v) is 14.8. The molecule has 1 aromatic carbocycles. The zero-order valence-electron chi connectivity index (χ0n) is 13.2. The number of rotatable bonds is 3. The summed E-state index contributed by atoms with van der Waals surface area (Å²) in [6.07, 6.45) is 8.45. The number of nitrogens with one attached hydrogen (secondary N) is 1. The summed E-state index contributed by atoms with van der Waals surface area (Å²) in [4.78, 5) is 12.6. The highest BCUT2D eigenvalue weighted by Crippen LogP contribution is 2.65. The van der Waals surface area contributed by atoms with Crippen LogP contribution in [0.5, 0.6) is 0 Å².